The highest BCUT2D eigenvalue weighted by molar-refractivity contribution is 7.80. The SMILES string of the molecule is O=C(OC1CCCCCC1)c1cccc(S)c1. The van der Waals surface area contributed by atoms with Gasteiger partial charge in [-0.15, -0.1) is 12.6 Å². The van der Waals surface area contributed by atoms with Gasteiger partial charge in [-0.05, 0) is 43.9 Å². The molecule has 1 aromatic carbocycles. The van der Waals surface area contributed by atoms with Gasteiger partial charge < -0.3 is 4.74 Å². The fourth-order valence-electron chi connectivity index (χ4n) is 2.21. The molecular weight excluding hydrogens is 232 g/mol. The van der Waals surface area contributed by atoms with Gasteiger partial charge >= 0.3 is 5.97 Å². The van der Waals surface area contributed by atoms with Crippen LogP contribution in [-0.4, -0.2) is 12.1 Å². The van der Waals surface area contributed by atoms with Crippen LogP contribution in [-0.2, 0) is 4.74 Å². The molecule has 0 spiro atoms. The van der Waals surface area contributed by atoms with Crippen LogP contribution in [0.25, 0.3) is 0 Å². The number of esters is 1. The second-order valence-electron chi connectivity index (χ2n) is 4.57. The first-order valence-corrected chi connectivity index (χ1v) is 6.70. The molecule has 0 heterocycles. The van der Waals surface area contributed by atoms with Crippen LogP contribution in [0.5, 0.6) is 0 Å². The van der Waals surface area contributed by atoms with E-state index in [1.807, 2.05) is 12.1 Å². The summed E-state index contributed by atoms with van der Waals surface area (Å²) in [7, 11) is 0. The average molecular weight is 250 g/mol. The van der Waals surface area contributed by atoms with E-state index in [1.54, 1.807) is 12.1 Å². The van der Waals surface area contributed by atoms with Gasteiger partial charge in [0.2, 0.25) is 0 Å². The summed E-state index contributed by atoms with van der Waals surface area (Å²) in [5, 5.41) is 0. The van der Waals surface area contributed by atoms with Crippen molar-refractivity contribution in [2.24, 2.45) is 0 Å². The van der Waals surface area contributed by atoms with Crippen molar-refractivity contribution >= 4 is 18.6 Å². The third-order valence-electron chi connectivity index (χ3n) is 3.16. The second kappa shape index (κ2) is 6.10. The Morgan fingerprint density at radius 3 is 2.53 bits per heavy atom. The molecular formula is C14H18O2S. The molecule has 17 heavy (non-hydrogen) atoms. The summed E-state index contributed by atoms with van der Waals surface area (Å²) in [4.78, 5) is 12.7. The standard InChI is InChI=1S/C14H18O2S/c15-14(11-6-5-9-13(17)10-11)16-12-7-3-1-2-4-8-12/h5-6,9-10,12,17H,1-4,7-8H2. The summed E-state index contributed by atoms with van der Waals surface area (Å²) in [5.74, 6) is -0.215. The molecule has 0 unspecified atom stereocenters. The summed E-state index contributed by atoms with van der Waals surface area (Å²) in [6.07, 6.45) is 6.99. The van der Waals surface area contributed by atoms with Crippen molar-refractivity contribution in [3.05, 3.63) is 29.8 Å². The lowest BCUT2D eigenvalue weighted by molar-refractivity contribution is 0.0267. The molecule has 1 aliphatic carbocycles. The molecule has 0 atom stereocenters. The van der Waals surface area contributed by atoms with Gasteiger partial charge in [0.05, 0.1) is 5.56 Å². The van der Waals surface area contributed by atoms with E-state index in [4.69, 9.17) is 4.74 Å². The second-order valence-corrected chi connectivity index (χ2v) is 5.09. The Morgan fingerprint density at radius 2 is 1.88 bits per heavy atom. The molecule has 0 N–H and O–H groups in total. The summed E-state index contributed by atoms with van der Waals surface area (Å²) >= 11 is 4.22. The number of hydrogen-bond acceptors (Lipinski definition) is 3. The lowest BCUT2D eigenvalue weighted by Crippen LogP contribution is -2.17. The maximum atomic E-state index is 11.9. The molecule has 0 amide bonds. The van der Waals surface area contributed by atoms with E-state index in [0.717, 1.165) is 17.7 Å². The van der Waals surface area contributed by atoms with Crippen molar-refractivity contribution in [1.82, 2.24) is 0 Å². The average Bonchev–Trinajstić information content (AvgIpc) is 2.57. The van der Waals surface area contributed by atoms with Gasteiger partial charge in [-0.2, -0.15) is 0 Å². The Labute approximate surface area is 108 Å². The third-order valence-corrected chi connectivity index (χ3v) is 3.44. The summed E-state index contributed by atoms with van der Waals surface area (Å²) in [6, 6.07) is 7.21. The van der Waals surface area contributed by atoms with Crippen molar-refractivity contribution in [1.29, 1.82) is 0 Å². The van der Waals surface area contributed by atoms with Gasteiger partial charge in [-0.3, -0.25) is 0 Å². The largest absolute Gasteiger partial charge is 0.459 e. The van der Waals surface area contributed by atoms with Gasteiger partial charge in [0, 0.05) is 4.90 Å². The molecule has 1 fully saturated rings. The lowest BCUT2D eigenvalue weighted by atomic mass is 10.1. The molecule has 2 nitrogen and oxygen atoms in total. The minimum atomic E-state index is -0.215. The van der Waals surface area contributed by atoms with E-state index in [2.05, 4.69) is 12.6 Å². The van der Waals surface area contributed by atoms with Crippen molar-refractivity contribution in [3.63, 3.8) is 0 Å². The van der Waals surface area contributed by atoms with E-state index >= 15 is 0 Å². The highest BCUT2D eigenvalue weighted by atomic mass is 32.1. The van der Waals surface area contributed by atoms with E-state index < -0.39 is 0 Å². The molecule has 2 rings (SSSR count). The van der Waals surface area contributed by atoms with Crippen molar-refractivity contribution < 1.29 is 9.53 Å². The number of rotatable bonds is 2. The molecule has 0 bridgehead atoms. The smallest absolute Gasteiger partial charge is 0.338 e. The van der Waals surface area contributed by atoms with Gasteiger partial charge in [0.15, 0.2) is 0 Å². The quantitative estimate of drug-likeness (QED) is 0.490. The Bertz CT molecular complexity index is 382. The number of thiol groups is 1. The zero-order chi connectivity index (χ0) is 12.1. The zero-order valence-corrected chi connectivity index (χ0v) is 10.8. The van der Waals surface area contributed by atoms with Crippen LogP contribution in [0.15, 0.2) is 29.2 Å². The van der Waals surface area contributed by atoms with Crippen LogP contribution in [0.1, 0.15) is 48.9 Å². The predicted molar refractivity (Wildman–Crippen MR) is 70.6 cm³/mol. The van der Waals surface area contributed by atoms with Crippen LogP contribution in [0, 0.1) is 0 Å². The molecule has 3 heteroatoms. The predicted octanol–water partition coefficient (Wildman–Crippen LogP) is 3.85. The normalized spacial score (nSPS) is 17.5. The molecule has 1 aliphatic rings. The minimum absolute atomic E-state index is 0.105. The van der Waals surface area contributed by atoms with Crippen LogP contribution in [0.4, 0.5) is 0 Å². The number of benzene rings is 1. The third kappa shape index (κ3) is 3.77. The van der Waals surface area contributed by atoms with Crippen molar-refractivity contribution in [2.75, 3.05) is 0 Å². The highest BCUT2D eigenvalue weighted by Crippen LogP contribution is 2.21. The fourth-order valence-corrected chi connectivity index (χ4v) is 2.44. The van der Waals surface area contributed by atoms with Gasteiger partial charge in [-0.1, -0.05) is 18.9 Å². The first-order chi connectivity index (χ1) is 8.25. The Morgan fingerprint density at radius 1 is 1.18 bits per heavy atom. The number of carbonyl (C=O) groups is 1. The van der Waals surface area contributed by atoms with Gasteiger partial charge in [0.1, 0.15) is 6.10 Å². The molecule has 0 aromatic heterocycles. The molecule has 0 aliphatic heterocycles. The van der Waals surface area contributed by atoms with Crippen LogP contribution >= 0.6 is 12.6 Å². The zero-order valence-electron chi connectivity index (χ0n) is 9.89. The van der Waals surface area contributed by atoms with Gasteiger partial charge in [0.25, 0.3) is 0 Å². The monoisotopic (exact) mass is 250 g/mol. The Hall–Kier alpha value is -0.960. The number of ether oxygens (including phenoxy) is 1. The van der Waals surface area contributed by atoms with E-state index in [9.17, 15) is 4.79 Å². The van der Waals surface area contributed by atoms with E-state index in [-0.39, 0.29) is 12.1 Å². The Kier molecular flexibility index (Phi) is 4.49. The van der Waals surface area contributed by atoms with Gasteiger partial charge in [-0.25, -0.2) is 4.79 Å². The van der Waals surface area contributed by atoms with Crippen molar-refractivity contribution in [2.45, 2.75) is 49.5 Å². The first-order valence-electron chi connectivity index (χ1n) is 6.26. The van der Waals surface area contributed by atoms with Crippen LogP contribution < -0.4 is 0 Å². The molecule has 1 saturated carbocycles. The number of carbonyl (C=O) groups excluding carboxylic acids is 1. The summed E-state index contributed by atoms with van der Waals surface area (Å²) in [5.41, 5.74) is 0.599. The minimum Gasteiger partial charge on any atom is -0.459 e. The summed E-state index contributed by atoms with van der Waals surface area (Å²) in [6.45, 7) is 0. The fraction of sp³-hybridized carbons (Fsp3) is 0.500. The molecule has 1 aromatic rings. The summed E-state index contributed by atoms with van der Waals surface area (Å²) < 4.78 is 5.54. The molecule has 92 valence electrons. The maximum Gasteiger partial charge on any atom is 0.338 e. The molecule has 0 radical (unpaired) electrons. The van der Waals surface area contributed by atoms with E-state index in [0.29, 0.717) is 5.56 Å². The number of hydrogen-bond donors (Lipinski definition) is 1. The van der Waals surface area contributed by atoms with Crippen molar-refractivity contribution in [3.8, 4) is 0 Å². The highest BCUT2D eigenvalue weighted by Gasteiger charge is 2.17. The van der Waals surface area contributed by atoms with Crippen LogP contribution in [0.2, 0.25) is 0 Å². The van der Waals surface area contributed by atoms with E-state index in [1.165, 1.54) is 25.7 Å². The lowest BCUT2D eigenvalue weighted by Gasteiger charge is -2.15. The topological polar surface area (TPSA) is 26.3 Å². The first kappa shape index (κ1) is 12.5. The van der Waals surface area contributed by atoms with Crippen LogP contribution in [0.3, 0.4) is 0 Å². The Balaban J connectivity index is 1.96. The maximum absolute atomic E-state index is 11.9. The molecule has 0 saturated heterocycles.